The standard InChI is InChI=1S/C38H46O6/c1-5-32-33(39)37(42-22-29-17-11-15-27-13-7-9-19-31(27)29)25(4)38(43-32)44-36-24(3)20-23(2)35(34(36)40)41-21-28-16-10-14-26-12-6-8-18-30(26)28/h6-19,23-25,32-40H,5,20-22H2,1-4H3. The molecule has 2 aliphatic rings. The van der Waals surface area contributed by atoms with Crippen LogP contribution in [0.4, 0.5) is 0 Å². The van der Waals surface area contributed by atoms with Gasteiger partial charge in [-0.3, -0.25) is 0 Å². The first kappa shape index (κ1) is 31.2. The van der Waals surface area contributed by atoms with Crippen molar-refractivity contribution in [3.05, 3.63) is 96.1 Å². The van der Waals surface area contributed by atoms with Crippen LogP contribution in [0.2, 0.25) is 0 Å². The monoisotopic (exact) mass is 598 g/mol. The summed E-state index contributed by atoms with van der Waals surface area (Å²) in [6.45, 7) is 9.06. The minimum absolute atomic E-state index is 0.107. The zero-order chi connectivity index (χ0) is 30.8. The second kappa shape index (κ2) is 13.7. The SMILES string of the molecule is CCC1OC(OC2C(C)CC(C)C(OCc3cccc4ccccc34)C2O)C(C)C(OCc2cccc3ccccc23)C1O. The molecule has 1 saturated carbocycles. The molecule has 0 bridgehead atoms. The van der Waals surface area contributed by atoms with E-state index in [1.165, 1.54) is 5.39 Å². The molecule has 10 unspecified atom stereocenters. The van der Waals surface area contributed by atoms with Crippen LogP contribution < -0.4 is 0 Å². The van der Waals surface area contributed by atoms with Gasteiger partial charge in [-0.1, -0.05) is 113 Å². The Balaban J connectivity index is 1.16. The Bertz CT molecular complexity index is 1530. The number of aliphatic hydroxyl groups is 2. The van der Waals surface area contributed by atoms with Gasteiger partial charge in [-0.05, 0) is 57.3 Å². The topological polar surface area (TPSA) is 77.4 Å². The Morgan fingerprint density at radius 1 is 0.659 bits per heavy atom. The molecule has 4 aromatic carbocycles. The van der Waals surface area contributed by atoms with Gasteiger partial charge >= 0.3 is 0 Å². The first-order chi connectivity index (χ1) is 21.4. The van der Waals surface area contributed by atoms with E-state index in [0.717, 1.165) is 33.7 Å². The first-order valence-electron chi connectivity index (χ1n) is 16.2. The Morgan fingerprint density at radius 2 is 1.18 bits per heavy atom. The van der Waals surface area contributed by atoms with Gasteiger partial charge in [-0.15, -0.1) is 0 Å². The summed E-state index contributed by atoms with van der Waals surface area (Å²) in [4.78, 5) is 0. The summed E-state index contributed by atoms with van der Waals surface area (Å²) in [5.41, 5.74) is 2.18. The molecule has 0 amide bonds. The van der Waals surface area contributed by atoms with Crippen LogP contribution in [-0.2, 0) is 32.2 Å². The van der Waals surface area contributed by atoms with Crippen LogP contribution in [0.5, 0.6) is 0 Å². The van der Waals surface area contributed by atoms with Crippen LogP contribution >= 0.6 is 0 Å². The lowest BCUT2D eigenvalue weighted by molar-refractivity contribution is -0.317. The molecule has 1 heterocycles. The van der Waals surface area contributed by atoms with Crippen molar-refractivity contribution >= 4 is 21.5 Å². The fourth-order valence-electron chi connectivity index (χ4n) is 7.35. The molecule has 0 spiro atoms. The Morgan fingerprint density at radius 3 is 1.77 bits per heavy atom. The number of aliphatic hydroxyl groups excluding tert-OH is 2. The van der Waals surface area contributed by atoms with Crippen molar-refractivity contribution in [2.45, 2.75) is 96.7 Å². The summed E-state index contributed by atoms with van der Waals surface area (Å²) < 4.78 is 25.9. The average Bonchev–Trinajstić information content (AvgIpc) is 3.03. The van der Waals surface area contributed by atoms with Crippen LogP contribution in [-0.4, -0.2) is 53.1 Å². The molecule has 44 heavy (non-hydrogen) atoms. The van der Waals surface area contributed by atoms with Crippen molar-refractivity contribution in [3.8, 4) is 0 Å². The molecule has 6 nitrogen and oxygen atoms in total. The predicted octanol–water partition coefficient (Wildman–Crippen LogP) is 7.02. The predicted molar refractivity (Wildman–Crippen MR) is 173 cm³/mol. The van der Waals surface area contributed by atoms with Gasteiger partial charge in [0.25, 0.3) is 0 Å². The summed E-state index contributed by atoms with van der Waals surface area (Å²) in [6.07, 6.45) is -2.50. The maximum Gasteiger partial charge on any atom is 0.163 e. The number of fused-ring (bicyclic) bond motifs is 2. The van der Waals surface area contributed by atoms with Crippen LogP contribution in [0.25, 0.3) is 21.5 Å². The molecular formula is C38H46O6. The first-order valence-corrected chi connectivity index (χ1v) is 16.2. The highest BCUT2D eigenvalue weighted by atomic mass is 16.7. The number of rotatable bonds is 9. The molecule has 2 fully saturated rings. The summed E-state index contributed by atoms with van der Waals surface area (Å²) in [5.74, 6) is 0.0216. The quantitative estimate of drug-likeness (QED) is 0.216. The second-order valence-electron chi connectivity index (χ2n) is 12.9. The van der Waals surface area contributed by atoms with E-state index in [1.54, 1.807) is 0 Å². The fourth-order valence-corrected chi connectivity index (χ4v) is 7.35. The molecule has 6 rings (SSSR count). The Kier molecular flexibility index (Phi) is 9.67. The third-order valence-electron chi connectivity index (χ3n) is 9.83. The molecule has 0 aromatic heterocycles. The van der Waals surface area contributed by atoms with E-state index in [2.05, 4.69) is 68.4 Å². The van der Waals surface area contributed by atoms with Gasteiger partial charge in [-0.25, -0.2) is 0 Å². The average molecular weight is 599 g/mol. The van der Waals surface area contributed by atoms with Gasteiger partial charge in [0, 0.05) is 5.92 Å². The maximum absolute atomic E-state index is 11.7. The molecule has 234 valence electrons. The highest BCUT2D eigenvalue weighted by Gasteiger charge is 2.48. The fraction of sp³-hybridized carbons (Fsp3) is 0.474. The van der Waals surface area contributed by atoms with Gasteiger partial charge in [0.05, 0.1) is 37.6 Å². The molecule has 1 aliphatic heterocycles. The van der Waals surface area contributed by atoms with Crippen LogP contribution in [0, 0.1) is 17.8 Å². The van der Waals surface area contributed by atoms with E-state index < -0.39 is 36.8 Å². The van der Waals surface area contributed by atoms with Crippen LogP contribution in [0.15, 0.2) is 84.9 Å². The molecule has 6 heteroatoms. The lowest BCUT2D eigenvalue weighted by Crippen LogP contribution is -2.58. The Hall–Kier alpha value is -2.84. The summed E-state index contributed by atoms with van der Waals surface area (Å²) in [6, 6.07) is 29.0. The summed E-state index contributed by atoms with van der Waals surface area (Å²) >= 11 is 0. The molecule has 1 saturated heterocycles. The normalized spacial score (nSPS) is 32.7. The third kappa shape index (κ3) is 6.30. The summed E-state index contributed by atoms with van der Waals surface area (Å²) in [5, 5.41) is 27.6. The van der Waals surface area contributed by atoms with Gasteiger partial charge in [-0.2, -0.15) is 0 Å². The van der Waals surface area contributed by atoms with Crippen LogP contribution in [0.3, 0.4) is 0 Å². The molecule has 4 aromatic rings. The minimum Gasteiger partial charge on any atom is -0.388 e. The summed E-state index contributed by atoms with van der Waals surface area (Å²) in [7, 11) is 0. The van der Waals surface area contributed by atoms with Gasteiger partial charge < -0.3 is 29.2 Å². The molecule has 0 radical (unpaired) electrons. The van der Waals surface area contributed by atoms with E-state index in [1.807, 2.05) is 44.2 Å². The van der Waals surface area contributed by atoms with E-state index >= 15 is 0 Å². The largest absolute Gasteiger partial charge is 0.388 e. The van der Waals surface area contributed by atoms with E-state index in [9.17, 15) is 10.2 Å². The molecule has 10 atom stereocenters. The van der Waals surface area contributed by atoms with Crippen molar-refractivity contribution < 1.29 is 29.2 Å². The van der Waals surface area contributed by atoms with Crippen LogP contribution in [0.1, 0.15) is 51.7 Å². The van der Waals surface area contributed by atoms with E-state index in [4.69, 9.17) is 18.9 Å². The Labute approximate surface area is 260 Å². The highest BCUT2D eigenvalue weighted by molar-refractivity contribution is 5.86. The smallest absolute Gasteiger partial charge is 0.163 e. The maximum atomic E-state index is 11.7. The van der Waals surface area contributed by atoms with Gasteiger partial charge in [0.15, 0.2) is 6.29 Å². The van der Waals surface area contributed by atoms with Crippen molar-refractivity contribution in [1.29, 1.82) is 0 Å². The van der Waals surface area contributed by atoms with Gasteiger partial charge in [0.1, 0.15) is 12.2 Å². The third-order valence-corrected chi connectivity index (χ3v) is 9.83. The van der Waals surface area contributed by atoms with Crippen molar-refractivity contribution in [1.82, 2.24) is 0 Å². The highest BCUT2D eigenvalue weighted by Crippen LogP contribution is 2.38. The van der Waals surface area contributed by atoms with Crippen molar-refractivity contribution in [3.63, 3.8) is 0 Å². The molecular weight excluding hydrogens is 552 g/mol. The second-order valence-corrected chi connectivity index (χ2v) is 12.9. The zero-order valence-electron chi connectivity index (χ0n) is 26.2. The van der Waals surface area contributed by atoms with Crippen molar-refractivity contribution in [2.24, 2.45) is 17.8 Å². The minimum atomic E-state index is -0.818. The van der Waals surface area contributed by atoms with Gasteiger partial charge in [0.2, 0.25) is 0 Å². The zero-order valence-corrected chi connectivity index (χ0v) is 26.2. The molecule has 1 aliphatic carbocycles. The number of ether oxygens (including phenoxy) is 4. The number of hydrogen-bond donors (Lipinski definition) is 2. The number of benzene rings is 4. The molecule has 2 N–H and O–H groups in total. The van der Waals surface area contributed by atoms with E-state index in [-0.39, 0.29) is 23.9 Å². The number of hydrogen-bond acceptors (Lipinski definition) is 6. The lowest BCUT2D eigenvalue weighted by Gasteiger charge is -2.48. The lowest BCUT2D eigenvalue weighted by atomic mass is 9.77. The van der Waals surface area contributed by atoms with E-state index in [0.29, 0.717) is 19.6 Å². The van der Waals surface area contributed by atoms with Crippen molar-refractivity contribution in [2.75, 3.05) is 0 Å².